The van der Waals surface area contributed by atoms with Crippen LogP contribution in [-0.2, 0) is 21.4 Å². The number of carbonyl (C=O) groups excluding carboxylic acids is 1. The van der Waals surface area contributed by atoms with Crippen LogP contribution in [0.3, 0.4) is 0 Å². The number of rotatable bonds is 5. The van der Waals surface area contributed by atoms with Crippen molar-refractivity contribution in [3.8, 4) is 0 Å². The fourth-order valence-electron chi connectivity index (χ4n) is 5.08. The minimum Gasteiger partial charge on any atom is -0.461 e. The molecular weight excluding hydrogens is 456 g/mol. The smallest absolute Gasteiger partial charge is 0.359 e. The molecule has 8 nitrogen and oxygen atoms in total. The molecule has 3 aromatic rings. The standard InChI is InChI=1S/C25H27ClN4O4/c1-4-34-23(32)21-18(5-6-19(26)28-21)27-15(3)16-11-14(2)12-17-20(16)29-24-25(8-10-33-13-25)7-9-30(24)22(17)31/h5-6,11-12,15,27H,4,7-10,13H2,1-3H3/t15-,25-/m1/s1. The zero-order valence-corrected chi connectivity index (χ0v) is 20.2. The lowest BCUT2D eigenvalue weighted by atomic mass is 9.85. The van der Waals surface area contributed by atoms with Crippen molar-refractivity contribution in [3.05, 3.63) is 62.4 Å². The molecule has 1 fully saturated rings. The van der Waals surface area contributed by atoms with Crippen molar-refractivity contribution in [1.29, 1.82) is 0 Å². The number of anilines is 1. The van der Waals surface area contributed by atoms with Gasteiger partial charge in [-0.05, 0) is 57.4 Å². The van der Waals surface area contributed by atoms with Gasteiger partial charge in [0.25, 0.3) is 5.56 Å². The summed E-state index contributed by atoms with van der Waals surface area (Å²) in [7, 11) is 0. The second-order valence-electron chi connectivity index (χ2n) is 9.09. The van der Waals surface area contributed by atoms with Crippen LogP contribution in [0.1, 0.15) is 60.2 Å². The van der Waals surface area contributed by atoms with Crippen LogP contribution in [0.4, 0.5) is 5.69 Å². The Labute approximate surface area is 202 Å². The molecule has 34 heavy (non-hydrogen) atoms. The molecule has 0 radical (unpaired) electrons. The van der Waals surface area contributed by atoms with E-state index < -0.39 is 5.97 Å². The average molecular weight is 483 g/mol. The van der Waals surface area contributed by atoms with Gasteiger partial charge < -0.3 is 14.8 Å². The van der Waals surface area contributed by atoms with E-state index in [0.29, 0.717) is 36.3 Å². The predicted molar refractivity (Wildman–Crippen MR) is 130 cm³/mol. The number of aromatic nitrogens is 3. The Bertz CT molecular complexity index is 1350. The lowest BCUT2D eigenvalue weighted by Crippen LogP contribution is -2.29. The Hall–Kier alpha value is -2.97. The lowest BCUT2D eigenvalue weighted by Gasteiger charge is -2.23. The van der Waals surface area contributed by atoms with Crippen LogP contribution in [0, 0.1) is 6.92 Å². The predicted octanol–water partition coefficient (Wildman–Crippen LogP) is 4.16. The summed E-state index contributed by atoms with van der Waals surface area (Å²) < 4.78 is 12.7. The van der Waals surface area contributed by atoms with Crippen LogP contribution >= 0.6 is 11.6 Å². The van der Waals surface area contributed by atoms with Gasteiger partial charge in [0.2, 0.25) is 0 Å². The van der Waals surface area contributed by atoms with Crippen molar-refractivity contribution in [2.75, 3.05) is 25.1 Å². The maximum atomic E-state index is 13.5. The second-order valence-corrected chi connectivity index (χ2v) is 9.48. The van der Waals surface area contributed by atoms with Crippen LogP contribution in [0.25, 0.3) is 10.9 Å². The van der Waals surface area contributed by atoms with Gasteiger partial charge >= 0.3 is 5.97 Å². The Morgan fingerprint density at radius 2 is 2.15 bits per heavy atom. The molecule has 2 aliphatic rings. The van der Waals surface area contributed by atoms with Crippen molar-refractivity contribution in [2.45, 2.75) is 51.6 Å². The molecule has 2 atom stereocenters. The topological polar surface area (TPSA) is 95.3 Å². The molecule has 4 heterocycles. The number of pyridine rings is 1. The molecule has 5 rings (SSSR count). The first-order chi connectivity index (χ1) is 16.3. The van der Waals surface area contributed by atoms with E-state index in [1.807, 2.05) is 30.5 Å². The number of fused-ring (bicyclic) bond motifs is 3. The third-order valence-electron chi connectivity index (χ3n) is 6.79. The average Bonchev–Trinajstić information content (AvgIpc) is 3.43. The number of hydrogen-bond donors (Lipinski definition) is 1. The number of esters is 1. The Kier molecular flexibility index (Phi) is 5.81. The van der Waals surface area contributed by atoms with Gasteiger partial charge in [-0.2, -0.15) is 0 Å². The summed E-state index contributed by atoms with van der Waals surface area (Å²) >= 11 is 6.04. The fraction of sp³-hybridized carbons (Fsp3) is 0.440. The highest BCUT2D eigenvalue weighted by molar-refractivity contribution is 6.29. The highest BCUT2D eigenvalue weighted by atomic mass is 35.5. The third-order valence-corrected chi connectivity index (χ3v) is 7.00. The van der Waals surface area contributed by atoms with Gasteiger partial charge in [-0.3, -0.25) is 9.36 Å². The van der Waals surface area contributed by atoms with Gasteiger partial charge in [-0.1, -0.05) is 17.7 Å². The maximum Gasteiger partial charge on any atom is 0.359 e. The van der Waals surface area contributed by atoms with Crippen LogP contribution in [0.5, 0.6) is 0 Å². The van der Waals surface area contributed by atoms with Gasteiger partial charge in [0, 0.05) is 18.7 Å². The minimum atomic E-state index is -0.550. The highest BCUT2D eigenvalue weighted by Gasteiger charge is 2.44. The number of carbonyl (C=O) groups is 1. The summed E-state index contributed by atoms with van der Waals surface area (Å²) in [5.41, 5.74) is 2.94. The molecular formula is C25H27ClN4O4. The van der Waals surface area contributed by atoms with Crippen molar-refractivity contribution >= 4 is 34.2 Å². The Balaban J connectivity index is 1.60. The van der Waals surface area contributed by atoms with Crippen molar-refractivity contribution in [3.63, 3.8) is 0 Å². The Morgan fingerprint density at radius 3 is 2.88 bits per heavy atom. The van der Waals surface area contributed by atoms with Gasteiger partial charge in [-0.15, -0.1) is 0 Å². The van der Waals surface area contributed by atoms with Gasteiger partial charge in [0.1, 0.15) is 11.0 Å². The van der Waals surface area contributed by atoms with E-state index in [1.165, 1.54) is 0 Å². The van der Waals surface area contributed by atoms with Gasteiger partial charge in [0.05, 0.1) is 41.3 Å². The monoisotopic (exact) mass is 482 g/mol. The molecule has 2 aliphatic heterocycles. The van der Waals surface area contributed by atoms with Gasteiger partial charge in [-0.25, -0.2) is 14.8 Å². The first kappa shape index (κ1) is 22.8. The van der Waals surface area contributed by atoms with Crippen LogP contribution in [-0.4, -0.2) is 40.3 Å². The van der Waals surface area contributed by atoms with E-state index in [2.05, 4.69) is 10.3 Å². The second kappa shape index (κ2) is 8.67. The first-order valence-corrected chi connectivity index (χ1v) is 11.9. The molecule has 178 valence electrons. The third kappa shape index (κ3) is 3.75. The molecule has 1 spiro atoms. The SMILES string of the molecule is CCOC(=O)c1nc(Cl)ccc1N[C@H](C)c1cc(C)cc2c(=O)n3c(nc12)[C@@]1(CCOC1)CC3. The number of aryl methyl sites for hydroxylation is 1. The molecule has 0 unspecified atom stereocenters. The van der Waals surface area contributed by atoms with E-state index >= 15 is 0 Å². The highest BCUT2D eigenvalue weighted by Crippen LogP contribution is 2.40. The quantitative estimate of drug-likeness (QED) is 0.430. The zero-order chi connectivity index (χ0) is 24.0. The number of ether oxygens (including phenoxy) is 2. The van der Waals surface area contributed by atoms with Crippen LogP contribution < -0.4 is 10.9 Å². The molecule has 2 aromatic heterocycles. The number of nitrogens with one attached hydrogen (secondary N) is 1. The van der Waals surface area contributed by atoms with Crippen molar-refractivity contribution in [1.82, 2.24) is 14.5 Å². The number of nitrogens with zero attached hydrogens (tertiary/aromatic N) is 3. The molecule has 1 aromatic carbocycles. The van der Waals surface area contributed by atoms with E-state index in [-0.39, 0.29) is 34.5 Å². The molecule has 0 amide bonds. The number of benzene rings is 1. The molecule has 1 saturated heterocycles. The summed E-state index contributed by atoms with van der Waals surface area (Å²) in [6.07, 6.45) is 1.74. The Morgan fingerprint density at radius 1 is 1.32 bits per heavy atom. The van der Waals surface area contributed by atoms with Crippen LogP contribution in [0.15, 0.2) is 29.1 Å². The maximum absolute atomic E-state index is 13.5. The summed E-state index contributed by atoms with van der Waals surface area (Å²) in [6.45, 7) is 7.85. The molecule has 0 saturated carbocycles. The van der Waals surface area contributed by atoms with Crippen molar-refractivity contribution in [2.24, 2.45) is 0 Å². The molecule has 9 heteroatoms. The van der Waals surface area contributed by atoms with E-state index in [0.717, 1.165) is 29.8 Å². The summed E-state index contributed by atoms with van der Waals surface area (Å²) in [4.78, 5) is 35.2. The summed E-state index contributed by atoms with van der Waals surface area (Å²) in [5.74, 6) is 0.270. The largest absolute Gasteiger partial charge is 0.461 e. The fourth-order valence-corrected chi connectivity index (χ4v) is 5.23. The molecule has 0 bridgehead atoms. The summed E-state index contributed by atoms with van der Waals surface area (Å²) in [6, 6.07) is 6.99. The number of halogens is 1. The van der Waals surface area contributed by atoms with E-state index in [4.69, 9.17) is 26.1 Å². The molecule has 0 aliphatic carbocycles. The molecule has 1 N–H and O–H groups in total. The summed E-state index contributed by atoms with van der Waals surface area (Å²) in [5, 5.41) is 4.17. The normalized spacial score (nSPS) is 20.0. The number of hydrogen-bond acceptors (Lipinski definition) is 7. The zero-order valence-electron chi connectivity index (χ0n) is 19.5. The van der Waals surface area contributed by atoms with Crippen molar-refractivity contribution < 1.29 is 14.3 Å². The van der Waals surface area contributed by atoms with E-state index in [1.54, 1.807) is 19.1 Å². The first-order valence-electron chi connectivity index (χ1n) is 11.6. The minimum absolute atomic E-state index is 0.0127. The van der Waals surface area contributed by atoms with Gasteiger partial charge in [0.15, 0.2) is 5.69 Å². The van der Waals surface area contributed by atoms with E-state index in [9.17, 15) is 9.59 Å². The van der Waals surface area contributed by atoms with Crippen LogP contribution in [0.2, 0.25) is 5.15 Å². The lowest BCUT2D eigenvalue weighted by molar-refractivity contribution is 0.0520.